The monoisotopic (exact) mass is 327 g/mol. The minimum absolute atomic E-state index is 0.112. The fourth-order valence-corrected chi connectivity index (χ4v) is 4.42. The quantitative estimate of drug-likeness (QED) is 0.597. The van der Waals surface area contributed by atoms with Crippen LogP contribution in [0.4, 0.5) is 0 Å². The molecule has 3 atom stereocenters. The van der Waals surface area contributed by atoms with Gasteiger partial charge in [0.05, 0.1) is 6.61 Å². The van der Waals surface area contributed by atoms with Crippen molar-refractivity contribution in [2.45, 2.75) is 76.2 Å². The van der Waals surface area contributed by atoms with E-state index in [1.807, 2.05) is 0 Å². The normalized spacial score (nSPS) is 30.0. The molecule has 0 heterocycles. The van der Waals surface area contributed by atoms with Gasteiger partial charge in [0, 0.05) is 5.54 Å². The Labute approximate surface area is 147 Å². The lowest BCUT2D eigenvalue weighted by molar-refractivity contribution is 0.198. The third kappa shape index (κ3) is 4.10. The maximum Gasteiger partial charge on any atom is 0.0611 e. The second-order valence-corrected chi connectivity index (χ2v) is 8.06. The van der Waals surface area contributed by atoms with Gasteiger partial charge in [0.15, 0.2) is 0 Å². The van der Waals surface area contributed by atoms with Crippen molar-refractivity contribution in [2.24, 2.45) is 11.7 Å². The van der Waals surface area contributed by atoms with Gasteiger partial charge in [0.2, 0.25) is 0 Å². The average molecular weight is 328 g/mol. The molecular formula is C22H33NO. The van der Waals surface area contributed by atoms with Crippen LogP contribution in [0.1, 0.15) is 74.5 Å². The van der Waals surface area contributed by atoms with Crippen LogP contribution in [0.5, 0.6) is 0 Å². The molecule has 1 aromatic rings. The first-order chi connectivity index (χ1) is 11.6. The Hall–Kier alpha value is -1.12. The second kappa shape index (κ2) is 7.84. The van der Waals surface area contributed by atoms with Crippen LogP contribution in [-0.4, -0.2) is 17.3 Å². The third-order valence-electron chi connectivity index (χ3n) is 6.06. The summed E-state index contributed by atoms with van der Waals surface area (Å²) in [6.07, 6.45) is 15.3. The third-order valence-corrected chi connectivity index (χ3v) is 6.06. The van der Waals surface area contributed by atoms with E-state index in [1.54, 1.807) is 5.56 Å². The van der Waals surface area contributed by atoms with Gasteiger partial charge in [-0.3, -0.25) is 0 Å². The number of aliphatic hydroxyl groups is 1. The zero-order valence-corrected chi connectivity index (χ0v) is 15.1. The van der Waals surface area contributed by atoms with E-state index in [0.29, 0.717) is 5.92 Å². The first-order valence-corrected chi connectivity index (χ1v) is 9.81. The molecule has 3 N–H and O–H groups in total. The summed E-state index contributed by atoms with van der Waals surface area (Å²) < 4.78 is 0. The van der Waals surface area contributed by atoms with Crippen molar-refractivity contribution < 1.29 is 5.11 Å². The smallest absolute Gasteiger partial charge is 0.0611 e. The molecule has 2 heteroatoms. The summed E-state index contributed by atoms with van der Waals surface area (Å²) in [4.78, 5) is 0. The second-order valence-electron chi connectivity index (χ2n) is 8.06. The standard InChI is InChI=1S/C22H33NO/c1-2-3-4-5-6-17-7-8-19-14-20(10-9-18(19)13-17)21-11-12-22(23,15-21)16-24/h5-6,9-10,14,17,21,24H,2-4,7-8,11-13,15-16,23H2,1H3/b6-5-/t17?,21-,22+/m0/s1. The van der Waals surface area contributed by atoms with Gasteiger partial charge in [-0.15, -0.1) is 0 Å². The largest absolute Gasteiger partial charge is 0.394 e. The highest BCUT2D eigenvalue weighted by molar-refractivity contribution is 5.37. The molecule has 1 aromatic carbocycles. The number of aryl methyl sites for hydroxylation is 1. The molecular weight excluding hydrogens is 294 g/mol. The van der Waals surface area contributed by atoms with E-state index >= 15 is 0 Å². The Morgan fingerprint density at radius 1 is 1.29 bits per heavy atom. The highest BCUT2D eigenvalue weighted by Gasteiger charge is 2.36. The van der Waals surface area contributed by atoms with Crippen molar-refractivity contribution >= 4 is 0 Å². The van der Waals surface area contributed by atoms with Crippen LogP contribution in [0.25, 0.3) is 0 Å². The molecule has 0 bridgehead atoms. The van der Waals surface area contributed by atoms with E-state index in [0.717, 1.165) is 25.2 Å². The molecule has 2 aliphatic carbocycles. The average Bonchev–Trinajstić information content (AvgIpc) is 3.01. The summed E-state index contributed by atoms with van der Waals surface area (Å²) in [6.45, 7) is 2.36. The van der Waals surface area contributed by atoms with Crippen molar-refractivity contribution in [2.75, 3.05) is 6.61 Å². The van der Waals surface area contributed by atoms with Crippen molar-refractivity contribution in [3.63, 3.8) is 0 Å². The van der Waals surface area contributed by atoms with Gasteiger partial charge in [0.1, 0.15) is 0 Å². The molecule has 0 radical (unpaired) electrons. The summed E-state index contributed by atoms with van der Waals surface area (Å²) in [5.74, 6) is 1.25. The topological polar surface area (TPSA) is 46.2 Å². The highest BCUT2D eigenvalue weighted by atomic mass is 16.3. The van der Waals surface area contributed by atoms with Crippen LogP contribution in [0, 0.1) is 5.92 Å². The predicted octanol–water partition coefficient (Wildman–Crippen LogP) is 4.50. The van der Waals surface area contributed by atoms with E-state index in [-0.39, 0.29) is 12.1 Å². The molecule has 1 unspecified atom stereocenters. The molecule has 1 fully saturated rings. The summed E-state index contributed by atoms with van der Waals surface area (Å²) in [5, 5.41) is 9.48. The number of aliphatic hydroxyl groups excluding tert-OH is 1. The Kier molecular flexibility index (Phi) is 5.78. The van der Waals surface area contributed by atoms with Crippen LogP contribution in [-0.2, 0) is 12.8 Å². The van der Waals surface area contributed by atoms with E-state index in [4.69, 9.17) is 5.73 Å². The van der Waals surface area contributed by atoms with Crippen molar-refractivity contribution in [1.29, 1.82) is 0 Å². The lowest BCUT2D eigenvalue weighted by atomic mass is 9.81. The summed E-state index contributed by atoms with van der Waals surface area (Å²) in [7, 11) is 0. The number of hydrogen-bond donors (Lipinski definition) is 2. The zero-order chi connectivity index (χ0) is 17.0. The van der Waals surface area contributed by atoms with Gasteiger partial charge >= 0.3 is 0 Å². The first kappa shape index (κ1) is 17.7. The van der Waals surface area contributed by atoms with Gasteiger partial charge in [-0.05, 0) is 73.5 Å². The predicted molar refractivity (Wildman–Crippen MR) is 101 cm³/mol. The van der Waals surface area contributed by atoms with Gasteiger partial charge < -0.3 is 10.8 Å². The van der Waals surface area contributed by atoms with E-state index in [1.165, 1.54) is 49.7 Å². The van der Waals surface area contributed by atoms with Crippen LogP contribution < -0.4 is 5.73 Å². The summed E-state index contributed by atoms with van der Waals surface area (Å²) in [6, 6.07) is 7.10. The maximum absolute atomic E-state index is 9.48. The summed E-state index contributed by atoms with van der Waals surface area (Å²) in [5.41, 5.74) is 10.4. The van der Waals surface area contributed by atoms with Crippen molar-refractivity contribution in [3.8, 4) is 0 Å². The maximum atomic E-state index is 9.48. The summed E-state index contributed by atoms with van der Waals surface area (Å²) >= 11 is 0. The van der Waals surface area contributed by atoms with Crippen LogP contribution in [0.3, 0.4) is 0 Å². The molecule has 2 aliphatic rings. The van der Waals surface area contributed by atoms with Crippen molar-refractivity contribution in [3.05, 3.63) is 47.0 Å². The lowest BCUT2D eigenvalue weighted by Crippen LogP contribution is -2.40. The highest BCUT2D eigenvalue weighted by Crippen LogP contribution is 2.40. The molecule has 1 saturated carbocycles. The van der Waals surface area contributed by atoms with Gasteiger partial charge in [0.25, 0.3) is 0 Å². The van der Waals surface area contributed by atoms with E-state index < -0.39 is 0 Å². The zero-order valence-electron chi connectivity index (χ0n) is 15.1. The van der Waals surface area contributed by atoms with Gasteiger partial charge in [-0.2, -0.15) is 0 Å². The molecule has 3 rings (SSSR count). The Balaban J connectivity index is 1.63. The number of allylic oxidation sites excluding steroid dienone is 2. The van der Waals surface area contributed by atoms with Gasteiger partial charge in [-0.25, -0.2) is 0 Å². The number of rotatable bonds is 6. The SMILES string of the molecule is CCCC/C=C\C1CCc2cc([C@H]3CC[C@](N)(CO)C3)ccc2C1. The Morgan fingerprint density at radius 2 is 2.17 bits per heavy atom. The number of hydrogen-bond acceptors (Lipinski definition) is 2. The minimum Gasteiger partial charge on any atom is -0.394 e. The molecule has 0 saturated heterocycles. The molecule has 0 aromatic heterocycles. The van der Waals surface area contributed by atoms with Crippen LogP contribution >= 0.6 is 0 Å². The number of fused-ring (bicyclic) bond motifs is 1. The Bertz CT molecular complexity index is 579. The molecule has 0 amide bonds. The number of unbranched alkanes of at least 4 members (excludes halogenated alkanes) is 2. The number of nitrogens with two attached hydrogens (primary N) is 1. The fraction of sp³-hybridized carbons (Fsp3) is 0.636. The molecule has 0 spiro atoms. The molecule has 132 valence electrons. The van der Waals surface area contributed by atoms with Gasteiger partial charge in [-0.1, -0.05) is 50.1 Å². The molecule has 24 heavy (non-hydrogen) atoms. The number of benzene rings is 1. The van der Waals surface area contributed by atoms with Crippen molar-refractivity contribution in [1.82, 2.24) is 0 Å². The van der Waals surface area contributed by atoms with Crippen LogP contribution in [0.15, 0.2) is 30.4 Å². The van der Waals surface area contributed by atoms with E-state index in [2.05, 4.69) is 37.3 Å². The first-order valence-electron chi connectivity index (χ1n) is 9.81. The van der Waals surface area contributed by atoms with E-state index in [9.17, 15) is 5.11 Å². The molecule has 2 nitrogen and oxygen atoms in total. The minimum atomic E-state index is -0.352. The molecule has 0 aliphatic heterocycles. The lowest BCUT2D eigenvalue weighted by Gasteiger charge is -2.25. The fourth-order valence-electron chi connectivity index (χ4n) is 4.42. The van der Waals surface area contributed by atoms with Crippen LogP contribution in [0.2, 0.25) is 0 Å². The Morgan fingerprint density at radius 3 is 2.92 bits per heavy atom.